The zero-order valence-electron chi connectivity index (χ0n) is 8.98. The molecule has 82 valence electrons. The van der Waals surface area contributed by atoms with Crippen LogP contribution in [0.1, 0.15) is 23.1 Å². The molecule has 1 fully saturated rings. The predicted octanol–water partition coefficient (Wildman–Crippen LogP) is 2.54. The largest absolute Gasteiger partial charge is 0.329 e. The Morgan fingerprint density at radius 3 is 2.07 bits per heavy atom. The van der Waals surface area contributed by atoms with Crippen LogP contribution < -0.4 is 5.73 Å². The number of hydrogen-bond acceptors (Lipinski definition) is 1. The summed E-state index contributed by atoms with van der Waals surface area (Å²) in [7, 11) is 0. The fourth-order valence-corrected chi connectivity index (χ4v) is 2.50. The van der Waals surface area contributed by atoms with E-state index in [1.54, 1.807) is 0 Å². The fourth-order valence-electron chi connectivity index (χ4n) is 2.50. The highest BCUT2D eigenvalue weighted by molar-refractivity contribution is 5.47. The molecule has 0 bridgehead atoms. The summed E-state index contributed by atoms with van der Waals surface area (Å²) >= 11 is 0. The molecule has 15 heavy (non-hydrogen) atoms. The number of hydrogen-bond donors (Lipinski definition) is 1. The maximum absolute atomic E-state index is 13.4. The second kappa shape index (κ2) is 3.01. The number of halogens is 2. The lowest BCUT2D eigenvalue weighted by Gasteiger charge is -2.19. The molecule has 0 amide bonds. The molecule has 1 aromatic rings. The van der Waals surface area contributed by atoms with E-state index in [1.165, 1.54) is 0 Å². The molecule has 1 saturated carbocycles. The van der Waals surface area contributed by atoms with Crippen molar-refractivity contribution >= 4 is 0 Å². The lowest BCUT2D eigenvalue weighted by molar-refractivity contribution is 0.0893. The average molecular weight is 211 g/mol. The number of alkyl halides is 2. The van der Waals surface area contributed by atoms with Crippen molar-refractivity contribution in [3.63, 3.8) is 0 Å². The van der Waals surface area contributed by atoms with Gasteiger partial charge in [-0.1, -0.05) is 18.2 Å². The molecule has 1 atom stereocenters. The summed E-state index contributed by atoms with van der Waals surface area (Å²) in [5, 5.41) is 0. The molecule has 0 aliphatic heterocycles. The Morgan fingerprint density at radius 1 is 1.27 bits per heavy atom. The van der Waals surface area contributed by atoms with Crippen molar-refractivity contribution in [2.24, 2.45) is 5.73 Å². The van der Waals surface area contributed by atoms with Crippen molar-refractivity contribution < 1.29 is 8.78 Å². The van der Waals surface area contributed by atoms with E-state index in [4.69, 9.17) is 5.73 Å². The standard InChI is InChI=1S/C12H15F2N/c1-8-4-3-5-9(2)10(8)11(7-15)6-12(11,13)14/h3-5H,6-7,15H2,1-2H3. The van der Waals surface area contributed by atoms with E-state index >= 15 is 0 Å². The zero-order valence-corrected chi connectivity index (χ0v) is 8.98. The third kappa shape index (κ3) is 1.29. The van der Waals surface area contributed by atoms with Crippen LogP contribution in [0.25, 0.3) is 0 Å². The molecule has 1 aromatic carbocycles. The highest BCUT2D eigenvalue weighted by atomic mass is 19.3. The Hall–Kier alpha value is -0.960. The van der Waals surface area contributed by atoms with Gasteiger partial charge in [0.2, 0.25) is 0 Å². The van der Waals surface area contributed by atoms with Crippen LogP contribution in [-0.2, 0) is 5.41 Å². The first-order chi connectivity index (χ1) is 6.94. The van der Waals surface area contributed by atoms with Gasteiger partial charge in [0.15, 0.2) is 0 Å². The van der Waals surface area contributed by atoms with E-state index in [2.05, 4.69) is 0 Å². The Balaban J connectivity index is 2.55. The van der Waals surface area contributed by atoms with Gasteiger partial charge in [0.1, 0.15) is 0 Å². The van der Waals surface area contributed by atoms with E-state index in [9.17, 15) is 8.78 Å². The van der Waals surface area contributed by atoms with Crippen molar-refractivity contribution in [2.45, 2.75) is 31.6 Å². The Kier molecular flexibility index (Phi) is 2.12. The normalized spacial score (nSPS) is 27.8. The predicted molar refractivity (Wildman–Crippen MR) is 56.2 cm³/mol. The van der Waals surface area contributed by atoms with Crippen LogP contribution in [0.3, 0.4) is 0 Å². The van der Waals surface area contributed by atoms with Crippen LogP contribution in [0.5, 0.6) is 0 Å². The molecule has 0 heterocycles. The second-order valence-corrected chi connectivity index (χ2v) is 4.43. The van der Waals surface area contributed by atoms with Gasteiger partial charge in [-0.2, -0.15) is 0 Å². The summed E-state index contributed by atoms with van der Waals surface area (Å²) in [4.78, 5) is 0. The van der Waals surface area contributed by atoms with Gasteiger partial charge in [0.05, 0.1) is 5.41 Å². The van der Waals surface area contributed by atoms with Gasteiger partial charge in [-0.15, -0.1) is 0 Å². The summed E-state index contributed by atoms with van der Waals surface area (Å²) < 4.78 is 26.8. The minimum atomic E-state index is -2.63. The SMILES string of the molecule is Cc1cccc(C)c1C1(CN)CC1(F)F. The summed E-state index contributed by atoms with van der Waals surface area (Å²) in [6.45, 7) is 3.76. The van der Waals surface area contributed by atoms with E-state index in [1.807, 2.05) is 32.0 Å². The molecule has 0 aromatic heterocycles. The number of benzene rings is 1. The average Bonchev–Trinajstić information content (AvgIpc) is 2.69. The highest BCUT2D eigenvalue weighted by Crippen LogP contribution is 2.62. The van der Waals surface area contributed by atoms with Crippen LogP contribution in [0.2, 0.25) is 0 Å². The van der Waals surface area contributed by atoms with E-state index < -0.39 is 11.3 Å². The van der Waals surface area contributed by atoms with Gasteiger partial charge in [-0.05, 0) is 30.5 Å². The molecule has 2 N–H and O–H groups in total. The first kappa shape index (κ1) is 10.6. The van der Waals surface area contributed by atoms with Gasteiger partial charge in [0, 0.05) is 13.0 Å². The summed E-state index contributed by atoms with van der Waals surface area (Å²) in [6.07, 6.45) is -0.109. The smallest absolute Gasteiger partial charge is 0.260 e. The molecular weight excluding hydrogens is 196 g/mol. The van der Waals surface area contributed by atoms with Crippen LogP contribution >= 0.6 is 0 Å². The third-order valence-corrected chi connectivity index (χ3v) is 3.41. The first-order valence-corrected chi connectivity index (χ1v) is 5.09. The maximum atomic E-state index is 13.4. The third-order valence-electron chi connectivity index (χ3n) is 3.41. The van der Waals surface area contributed by atoms with E-state index in [0.717, 1.165) is 16.7 Å². The van der Waals surface area contributed by atoms with Gasteiger partial charge in [-0.3, -0.25) is 0 Å². The van der Waals surface area contributed by atoms with E-state index in [-0.39, 0.29) is 13.0 Å². The van der Waals surface area contributed by atoms with Crippen molar-refractivity contribution in [1.82, 2.24) is 0 Å². The molecule has 0 saturated heterocycles. The van der Waals surface area contributed by atoms with Gasteiger partial charge in [0.25, 0.3) is 5.92 Å². The Morgan fingerprint density at radius 2 is 1.73 bits per heavy atom. The molecule has 1 aliphatic carbocycles. The number of aryl methyl sites for hydroxylation is 2. The van der Waals surface area contributed by atoms with Crippen molar-refractivity contribution in [3.8, 4) is 0 Å². The van der Waals surface area contributed by atoms with Crippen LogP contribution in [0.4, 0.5) is 8.78 Å². The fraction of sp³-hybridized carbons (Fsp3) is 0.500. The lowest BCUT2D eigenvalue weighted by Crippen LogP contribution is -2.28. The quantitative estimate of drug-likeness (QED) is 0.799. The highest BCUT2D eigenvalue weighted by Gasteiger charge is 2.71. The summed E-state index contributed by atoms with van der Waals surface area (Å²) in [6, 6.07) is 5.63. The molecule has 3 heteroatoms. The zero-order chi connectivity index (χ0) is 11.3. The van der Waals surface area contributed by atoms with Gasteiger partial charge >= 0.3 is 0 Å². The molecule has 1 aliphatic rings. The first-order valence-electron chi connectivity index (χ1n) is 5.09. The molecule has 2 rings (SSSR count). The number of nitrogens with two attached hydrogens (primary N) is 1. The maximum Gasteiger partial charge on any atom is 0.260 e. The molecule has 1 unspecified atom stereocenters. The van der Waals surface area contributed by atoms with Gasteiger partial charge < -0.3 is 5.73 Å². The van der Waals surface area contributed by atoms with Crippen LogP contribution in [0.15, 0.2) is 18.2 Å². The summed E-state index contributed by atoms with van der Waals surface area (Å²) in [5.74, 6) is -2.63. The topological polar surface area (TPSA) is 26.0 Å². The van der Waals surface area contributed by atoms with Gasteiger partial charge in [-0.25, -0.2) is 8.78 Å². The van der Waals surface area contributed by atoms with Crippen molar-refractivity contribution in [1.29, 1.82) is 0 Å². The molecule has 0 radical (unpaired) electrons. The number of rotatable bonds is 2. The van der Waals surface area contributed by atoms with Crippen molar-refractivity contribution in [3.05, 3.63) is 34.9 Å². The molecule has 0 spiro atoms. The summed E-state index contributed by atoms with van der Waals surface area (Å²) in [5.41, 5.74) is 7.02. The van der Waals surface area contributed by atoms with Crippen LogP contribution in [-0.4, -0.2) is 12.5 Å². The Bertz CT molecular complexity index is 380. The second-order valence-electron chi connectivity index (χ2n) is 4.43. The monoisotopic (exact) mass is 211 g/mol. The molecular formula is C12H15F2N. The Labute approximate surface area is 88.3 Å². The van der Waals surface area contributed by atoms with Crippen LogP contribution in [0, 0.1) is 13.8 Å². The minimum Gasteiger partial charge on any atom is -0.329 e. The van der Waals surface area contributed by atoms with E-state index in [0.29, 0.717) is 0 Å². The minimum absolute atomic E-state index is 0.0195. The lowest BCUT2D eigenvalue weighted by atomic mass is 9.87. The van der Waals surface area contributed by atoms with Crippen molar-refractivity contribution in [2.75, 3.05) is 6.54 Å². The molecule has 1 nitrogen and oxygen atoms in total.